The first-order valence-electron chi connectivity index (χ1n) is 10.3. The molecule has 0 spiro atoms. The van der Waals surface area contributed by atoms with Gasteiger partial charge in [0.2, 0.25) is 5.95 Å². The van der Waals surface area contributed by atoms with Crippen molar-refractivity contribution in [1.82, 2.24) is 19.1 Å². The Bertz CT molecular complexity index is 1040. The second-order valence-electron chi connectivity index (χ2n) is 8.43. The van der Waals surface area contributed by atoms with Gasteiger partial charge in [-0.2, -0.15) is 9.36 Å². The maximum absolute atomic E-state index is 14.0. The lowest BCUT2D eigenvalue weighted by Crippen LogP contribution is -2.61. The fourth-order valence-corrected chi connectivity index (χ4v) is 5.13. The van der Waals surface area contributed by atoms with E-state index in [0.29, 0.717) is 29.8 Å². The zero-order chi connectivity index (χ0) is 20.8. The van der Waals surface area contributed by atoms with Gasteiger partial charge in [0.25, 0.3) is 0 Å². The Hall–Kier alpha value is -2.68. The molecular formula is C21H25FN6OS. The lowest BCUT2D eigenvalue weighted by molar-refractivity contribution is 0.130. The van der Waals surface area contributed by atoms with Gasteiger partial charge in [0.05, 0.1) is 11.7 Å². The summed E-state index contributed by atoms with van der Waals surface area (Å²) in [4.78, 5) is 6.97. The van der Waals surface area contributed by atoms with Crippen molar-refractivity contribution in [3.05, 3.63) is 41.8 Å². The monoisotopic (exact) mass is 428 g/mol. The molecule has 7 nitrogen and oxygen atoms in total. The number of aryl methyl sites for hydroxylation is 1. The number of nitrogens with one attached hydrogen (secondary N) is 1. The van der Waals surface area contributed by atoms with Crippen molar-refractivity contribution >= 4 is 22.5 Å². The van der Waals surface area contributed by atoms with Gasteiger partial charge in [-0.1, -0.05) is 12.1 Å². The molecule has 0 radical (unpaired) electrons. The first-order chi connectivity index (χ1) is 14.5. The van der Waals surface area contributed by atoms with Gasteiger partial charge in [-0.15, -0.1) is 5.10 Å². The molecule has 1 saturated carbocycles. The number of fused-ring (bicyclic) bond motifs is 2. The molecule has 3 aliphatic rings. The molecular weight excluding hydrogens is 403 g/mol. The van der Waals surface area contributed by atoms with Crippen LogP contribution < -0.4 is 15.0 Å². The van der Waals surface area contributed by atoms with Crippen LogP contribution in [0.15, 0.2) is 30.3 Å². The molecule has 2 saturated heterocycles. The first-order valence-corrected chi connectivity index (χ1v) is 11.1. The first kappa shape index (κ1) is 19.3. The standard InChI is InChI=1S/C21H25FN6OS/c1-12(2)28-21(29-17-7-5-4-6-16(17)22)24-20(25-28)23-19-14-9-15(19)11-27(10-14)18-8-13(3)26-30-18/h4-8,12,14-15,19H,9-11H2,1-3H3,(H,23,25)/t14-,15?,19-/m0/s1. The molecule has 3 aromatic rings. The minimum Gasteiger partial charge on any atom is -0.421 e. The third-order valence-corrected chi connectivity index (χ3v) is 6.82. The number of piperidine rings is 2. The largest absolute Gasteiger partial charge is 0.421 e. The summed E-state index contributed by atoms with van der Waals surface area (Å²) in [5, 5.41) is 9.36. The molecule has 3 fully saturated rings. The molecule has 2 aromatic heterocycles. The van der Waals surface area contributed by atoms with E-state index in [1.54, 1.807) is 34.4 Å². The van der Waals surface area contributed by atoms with Crippen LogP contribution in [0.4, 0.5) is 15.3 Å². The Morgan fingerprint density at radius 2 is 2.00 bits per heavy atom. The number of halogens is 1. The minimum atomic E-state index is -0.419. The Morgan fingerprint density at radius 1 is 1.23 bits per heavy atom. The van der Waals surface area contributed by atoms with Crippen molar-refractivity contribution in [3.8, 4) is 11.8 Å². The van der Waals surface area contributed by atoms with Crippen LogP contribution in [0.5, 0.6) is 11.8 Å². The molecule has 1 N–H and O–H groups in total. The third kappa shape index (κ3) is 3.51. The molecule has 2 bridgehead atoms. The van der Waals surface area contributed by atoms with Crippen LogP contribution in [0, 0.1) is 24.6 Å². The molecule has 1 aliphatic carbocycles. The minimum absolute atomic E-state index is 0.0424. The van der Waals surface area contributed by atoms with E-state index in [1.807, 2.05) is 20.8 Å². The van der Waals surface area contributed by atoms with Crippen LogP contribution in [0.1, 0.15) is 32.0 Å². The van der Waals surface area contributed by atoms with E-state index >= 15 is 0 Å². The normalized spacial score (nSPS) is 22.8. The van der Waals surface area contributed by atoms with E-state index in [0.717, 1.165) is 18.8 Å². The van der Waals surface area contributed by atoms with Gasteiger partial charge in [0.1, 0.15) is 5.00 Å². The van der Waals surface area contributed by atoms with Crippen molar-refractivity contribution in [2.75, 3.05) is 23.3 Å². The fraction of sp³-hybridized carbons (Fsp3) is 0.476. The lowest BCUT2D eigenvalue weighted by atomic mass is 9.66. The number of ether oxygens (including phenoxy) is 1. The number of rotatable bonds is 6. The van der Waals surface area contributed by atoms with E-state index in [-0.39, 0.29) is 11.8 Å². The summed E-state index contributed by atoms with van der Waals surface area (Å²) in [7, 11) is 0. The molecule has 4 heterocycles. The summed E-state index contributed by atoms with van der Waals surface area (Å²) < 4.78 is 25.9. The number of nitrogens with zero attached hydrogens (tertiary/aromatic N) is 5. The highest BCUT2D eigenvalue weighted by atomic mass is 32.1. The average molecular weight is 429 g/mol. The highest BCUT2D eigenvalue weighted by molar-refractivity contribution is 7.10. The summed E-state index contributed by atoms with van der Waals surface area (Å²) in [6.07, 6.45) is 1.22. The van der Waals surface area contributed by atoms with Gasteiger partial charge < -0.3 is 15.0 Å². The van der Waals surface area contributed by atoms with E-state index < -0.39 is 5.82 Å². The van der Waals surface area contributed by atoms with Gasteiger partial charge in [-0.25, -0.2) is 9.07 Å². The molecule has 2 aliphatic heterocycles. The van der Waals surface area contributed by atoms with Crippen molar-refractivity contribution in [1.29, 1.82) is 0 Å². The van der Waals surface area contributed by atoms with Gasteiger partial charge in [-0.05, 0) is 68.8 Å². The summed E-state index contributed by atoms with van der Waals surface area (Å²) >= 11 is 1.57. The SMILES string of the molecule is Cc1cc(N2CC3C[C@@H](C2)[C@@H]3Nc2nc(Oc3ccccc3F)n(C(C)C)n2)sn1. The molecule has 0 amide bonds. The second kappa shape index (κ2) is 7.54. The maximum atomic E-state index is 14.0. The Kier molecular flexibility index (Phi) is 4.85. The van der Waals surface area contributed by atoms with Crippen LogP contribution in [-0.2, 0) is 0 Å². The molecule has 158 valence electrons. The molecule has 1 unspecified atom stereocenters. The molecule has 6 rings (SSSR count). The van der Waals surface area contributed by atoms with Crippen LogP contribution in [0.2, 0.25) is 0 Å². The summed E-state index contributed by atoms with van der Waals surface area (Å²) in [5.41, 5.74) is 1.08. The fourth-order valence-electron chi connectivity index (χ4n) is 4.35. The van der Waals surface area contributed by atoms with E-state index in [1.165, 1.54) is 17.5 Å². The van der Waals surface area contributed by atoms with Crippen LogP contribution in [0.3, 0.4) is 0 Å². The Morgan fingerprint density at radius 3 is 2.67 bits per heavy atom. The highest BCUT2D eigenvalue weighted by Gasteiger charge is 2.47. The van der Waals surface area contributed by atoms with Gasteiger partial charge in [0.15, 0.2) is 11.6 Å². The number of hydrogen-bond acceptors (Lipinski definition) is 7. The smallest absolute Gasteiger partial charge is 0.322 e. The lowest BCUT2D eigenvalue weighted by Gasteiger charge is -2.53. The number of para-hydroxylation sites is 1. The van der Waals surface area contributed by atoms with Gasteiger partial charge >= 0.3 is 6.01 Å². The summed E-state index contributed by atoms with van der Waals surface area (Å²) in [6.45, 7) is 8.06. The van der Waals surface area contributed by atoms with Crippen LogP contribution >= 0.6 is 11.5 Å². The quantitative estimate of drug-likeness (QED) is 0.624. The predicted molar refractivity (Wildman–Crippen MR) is 115 cm³/mol. The molecule has 3 atom stereocenters. The van der Waals surface area contributed by atoms with Crippen molar-refractivity contribution in [2.24, 2.45) is 11.8 Å². The average Bonchev–Trinajstić information content (AvgIpc) is 3.34. The van der Waals surface area contributed by atoms with Crippen LogP contribution in [0.25, 0.3) is 0 Å². The Labute approximate surface area is 179 Å². The summed E-state index contributed by atoms with van der Waals surface area (Å²) in [6, 6.07) is 9.18. The van der Waals surface area contributed by atoms with Gasteiger partial charge in [0, 0.05) is 19.1 Å². The van der Waals surface area contributed by atoms with E-state index in [4.69, 9.17) is 4.74 Å². The van der Waals surface area contributed by atoms with Crippen molar-refractivity contribution in [3.63, 3.8) is 0 Å². The van der Waals surface area contributed by atoms with Gasteiger partial charge in [-0.3, -0.25) is 0 Å². The third-order valence-electron chi connectivity index (χ3n) is 5.88. The second-order valence-corrected chi connectivity index (χ2v) is 9.21. The molecule has 9 heteroatoms. The number of benzene rings is 1. The predicted octanol–water partition coefficient (Wildman–Crippen LogP) is 4.49. The number of hydrogen-bond donors (Lipinski definition) is 1. The summed E-state index contributed by atoms with van der Waals surface area (Å²) in [5.74, 6) is 1.37. The number of aromatic nitrogens is 4. The van der Waals surface area contributed by atoms with Crippen molar-refractivity contribution in [2.45, 2.75) is 39.3 Å². The Balaban J connectivity index is 1.30. The van der Waals surface area contributed by atoms with E-state index in [9.17, 15) is 4.39 Å². The zero-order valence-electron chi connectivity index (χ0n) is 17.2. The van der Waals surface area contributed by atoms with Crippen LogP contribution in [-0.4, -0.2) is 38.3 Å². The molecule has 1 aromatic carbocycles. The maximum Gasteiger partial charge on any atom is 0.322 e. The topological polar surface area (TPSA) is 68.1 Å². The highest BCUT2D eigenvalue weighted by Crippen LogP contribution is 2.43. The zero-order valence-corrected chi connectivity index (χ0v) is 18.1. The van der Waals surface area contributed by atoms with Crippen molar-refractivity contribution < 1.29 is 9.13 Å². The van der Waals surface area contributed by atoms with E-state index in [2.05, 4.69) is 30.7 Å². The molecule has 30 heavy (non-hydrogen) atoms. The number of anilines is 2.